The van der Waals surface area contributed by atoms with Gasteiger partial charge in [0.05, 0.1) is 24.5 Å². The number of halogens is 4. The number of benzene rings is 2. The summed E-state index contributed by atoms with van der Waals surface area (Å²) in [5, 5.41) is 2.47. The van der Waals surface area contributed by atoms with Crippen LogP contribution < -0.4 is 9.93 Å². The van der Waals surface area contributed by atoms with Crippen molar-refractivity contribution in [3.05, 3.63) is 66.0 Å². The van der Waals surface area contributed by atoms with E-state index in [-0.39, 0.29) is 0 Å². The molecule has 0 spiro atoms. The van der Waals surface area contributed by atoms with Gasteiger partial charge in [0.25, 0.3) is 0 Å². The Labute approximate surface area is 160 Å². The number of rotatable bonds is 1. The fourth-order valence-electron chi connectivity index (χ4n) is 3.17. The van der Waals surface area contributed by atoms with E-state index in [0.29, 0.717) is 0 Å². The van der Waals surface area contributed by atoms with Crippen LogP contribution in [0.4, 0.5) is 17.3 Å². The minimum absolute atomic E-state index is 0.929. The van der Waals surface area contributed by atoms with Crippen molar-refractivity contribution in [1.29, 1.82) is 0 Å². The van der Waals surface area contributed by atoms with E-state index >= 15 is 0 Å². The van der Waals surface area contributed by atoms with Crippen molar-refractivity contribution in [1.82, 2.24) is 9.48 Å². The smallest absolute Gasteiger partial charge is 0.456 e. The maximum atomic E-state index is 9.75. The van der Waals surface area contributed by atoms with Crippen molar-refractivity contribution in [2.45, 2.75) is 0 Å². The van der Waals surface area contributed by atoms with Gasteiger partial charge in [0.2, 0.25) is 5.36 Å². The molecule has 0 atom stereocenters. The van der Waals surface area contributed by atoms with Gasteiger partial charge in [-0.05, 0) is 19.2 Å². The van der Waals surface area contributed by atoms with Gasteiger partial charge in [0.15, 0.2) is 13.1 Å². The van der Waals surface area contributed by atoms with E-state index in [1.165, 1.54) is 10.7 Å². The van der Waals surface area contributed by atoms with Crippen LogP contribution in [0.25, 0.3) is 22.3 Å². The molecule has 148 valence electrons. The van der Waals surface area contributed by atoms with Crippen LogP contribution in [0, 0.1) is 0 Å². The van der Waals surface area contributed by atoms with Crippen LogP contribution in [0.1, 0.15) is 0 Å². The van der Waals surface area contributed by atoms with Gasteiger partial charge in [-0.2, -0.15) is 0 Å². The summed E-state index contributed by atoms with van der Waals surface area (Å²) in [5.41, 5.74) is 2.07. The molecule has 8 heteroatoms. The number of fused-ring (bicyclic) bond motifs is 1. The van der Waals surface area contributed by atoms with E-state index in [4.69, 9.17) is 4.42 Å². The molecule has 1 saturated heterocycles. The lowest BCUT2D eigenvalue weighted by Crippen LogP contribution is -2.46. The van der Waals surface area contributed by atoms with E-state index < -0.39 is 7.25 Å². The SMILES string of the molecule is CN1CC[N+](=c2cc(-c3ccccc3)oc3ccccc23)CC1.F[B-](F)(F)F. The summed E-state index contributed by atoms with van der Waals surface area (Å²) < 4.78 is 47.6. The third-order valence-corrected chi connectivity index (χ3v) is 4.55. The fraction of sp³-hybridized carbons (Fsp3) is 0.250. The average Bonchev–Trinajstić information content (AvgIpc) is 2.67. The van der Waals surface area contributed by atoms with Crippen LogP contribution in [0.5, 0.6) is 0 Å². The summed E-state index contributed by atoms with van der Waals surface area (Å²) in [6, 6.07) is 20.9. The molecule has 3 aromatic rings. The first-order valence-electron chi connectivity index (χ1n) is 9.03. The normalized spacial score (nSPS) is 15.2. The Balaban J connectivity index is 0.000000403. The molecule has 2 heterocycles. The Morgan fingerprint density at radius 3 is 2.11 bits per heavy atom. The number of nitrogens with zero attached hydrogens (tertiary/aromatic N) is 2. The number of likely N-dealkylation sites (N-methyl/N-ethyl adjacent to an activating group) is 1. The minimum Gasteiger partial charge on any atom is -0.456 e. The Bertz CT molecular complexity index is 986. The molecule has 2 aromatic carbocycles. The maximum absolute atomic E-state index is 9.75. The molecule has 0 saturated carbocycles. The summed E-state index contributed by atoms with van der Waals surface area (Å²) in [7, 11) is -3.81. The zero-order valence-electron chi connectivity index (χ0n) is 15.5. The average molecular weight is 392 g/mol. The molecule has 1 aromatic heterocycles. The van der Waals surface area contributed by atoms with Crippen LogP contribution in [0.2, 0.25) is 0 Å². The van der Waals surface area contributed by atoms with Crippen LogP contribution in [-0.2, 0) is 0 Å². The van der Waals surface area contributed by atoms with Crippen molar-refractivity contribution in [2.75, 3.05) is 33.2 Å². The van der Waals surface area contributed by atoms with Gasteiger partial charge in [0, 0.05) is 5.56 Å². The fourth-order valence-corrected chi connectivity index (χ4v) is 3.17. The van der Waals surface area contributed by atoms with Crippen LogP contribution in [-0.4, -0.2) is 45.4 Å². The van der Waals surface area contributed by atoms with Gasteiger partial charge in [-0.25, -0.2) is 4.58 Å². The van der Waals surface area contributed by atoms with Gasteiger partial charge >= 0.3 is 7.25 Å². The molecule has 0 bridgehead atoms. The van der Waals surface area contributed by atoms with Crippen molar-refractivity contribution < 1.29 is 21.7 Å². The first kappa shape index (κ1) is 20.1. The third kappa shape index (κ3) is 5.45. The van der Waals surface area contributed by atoms with Gasteiger partial charge in [-0.15, -0.1) is 0 Å². The second kappa shape index (κ2) is 8.60. The van der Waals surface area contributed by atoms with Crippen molar-refractivity contribution in [3.63, 3.8) is 0 Å². The molecule has 3 nitrogen and oxygen atoms in total. The van der Waals surface area contributed by atoms with Gasteiger partial charge < -0.3 is 21.7 Å². The summed E-state index contributed by atoms with van der Waals surface area (Å²) in [6.45, 7) is 4.31. The first-order chi connectivity index (χ1) is 13.3. The van der Waals surface area contributed by atoms with E-state index in [2.05, 4.69) is 65.1 Å². The summed E-state index contributed by atoms with van der Waals surface area (Å²) >= 11 is 0. The maximum Gasteiger partial charge on any atom is 0.673 e. The Morgan fingerprint density at radius 1 is 0.893 bits per heavy atom. The van der Waals surface area contributed by atoms with E-state index in [0.717, 1.165) is 43.1 Å². The molecule has 0 aliphatic carbocycles. The molecule has 28 heavy (non-hydrogen) atoms. The van der Waals surface area contributed by atoms with Gasteiger partial charge in [-0.1, -0.05) is 42.5 Å². The molecule has 0 unspecified atom stereocenters. The molecule has 4 rings (SSSR count). The summed E-state index contributed by atoms with van der Waals surface area (Å²) in [6.07, 6.45) is 0. The summed E-state index contributed by atoms with van der Waals surface area (Å²) in [5.74, 6) is 0.929. The number of piperazine rings is 1. The highest BCUT2D eigenvalue weighted by molar-refractivity contribution is 6.50. The number of hydrogen-bond donors (Lipinski definition) is 0. The number of hydrogen-bond acceptors (Lipinski definition) is 2. The second-order valence-electron chi connectivity index (χ2n) is 6.64. The molecule has 1 fully saturated rings. The number of para-hydroxylation sites is 1. The second-order valence-corrected chi connectivity index (χ2v) is 6.64. The van der Waals surface area contributed by atoms with E-state index in [1.54, 1.807) is 0 Å². The molecule has 1 aliphatic rings. The highest BCUT2D eigenvalue weighted by atomic mass is 19.5. The van der Waals surface area contributed by atoms with Crippen LogP contribution in [0.15, 0.2) is 65.1 Å². The Kier molecular flexibility index (Phi) is 6.19. The highest BCUT2D eigenvalue weighted by Gasteiger charge is 2.20. The zero-order chi connectivity index (χ0) is 20.1. The Hall–Kier alpha value is -2.61. The molecular formula is C20H21BF4N2O. The first-order valence-corrected chi connectivity index (χ1v) is 9.03. The van der Waals surface area contributed by atoms with Crippen LogP contribution >= 0.6 is 0 Å². The predicted molar refractivity (Wildman–Crippen MR) is 104 cm³/mol. The summed E-state index contributed by atoms with van der Waals surface area (Å²) in [4.78, 5) is 2.38. The molecule has 0 radical (unpaired) electrons. The van der Waals surface area contributed by atoms with Gasteiger partial charge in [-0.3, -0.25) is 4.90 Å². The lowest BCUT2D eigenvalue weighted by molar-refractivity contribution is 0.267. The lowest BCUT2D eigenvalue weighted by atomic mass is 10.1. The molecule has 0 N–H and O–H groups in total. The lowest BCUT2D eigenvalue weighted by Gasteiger charge is -2.20. The van der Waals surface area contributed by atoms with Crippen molar-refractivity contribution >= 4 is 18.2 Å². The quantitative estimate of drug-likeness (QED) is 0.353. The predicted octanol–water partition coefficient (Wildman–Crippen LogP) is 4.12. The third-order valence-electron chi connectivity index (χ3n) is 4.55. The van der Waals surface area contributed by atoms with E-state index in [1.807, 2.05) is 12.1 Å². The largest absolute Gasteiger partial charge is 0.673 e. The molecule has 1 aliphatic heterocycles. The zero-order valence-corrected chi connectivity index (χ0v) is 15.5. The van der Waals surface area contributed by atoms with Crippen molar-refractivity contribution in [3.8, 4) is 11.3 Å². The molecule has 0 amide bonds. The minimum atomic E-state index is -6.00. The Morgan fingerprint density at radius 2 is 1.46 bits per heavy atom. The van der Waals surface area contributed by atoms with Gasteiger partial charge in [0.1, 0.15) is 11.3 Å². The standard InChI is InChI=1S/C20H21N2O.BF4/c1-21-11-13-22(14-12-21)18-15-20(16-7-3-2-4-8-16)23-19-10-6-5-9-17(18)19;2-1(3,4)5/h2-10,15H,11-14H2,1H3;/q+1;-1. The topological polar surface area (TPSA) is 19.4 Å². The van der Waals surface area contributed by atoms with Crippen LogP contribution in [0.3, 0.4) is 0 Å². The molecular weight excluding hydrogens is 371 g/mol. The monoisotopic (exact) mass is 392 g/mol. The highest BCUT2D eigenvalue weighted by Crippen LogP contribution is 2.21. The van der Waals surface area contributed by atoms with E-state index in [9.17, 15) is 17.3 Å². The van der Waals surface area contributed by atoms with Crippen molar-refractivity contribution in [2.24, 2.45) is 0 Å².